The fourth-order valence-corrected chi connectivity index (χ4v) is 1.31. The summed E-state index contributed by atoms with van der Waals surface area (Å²) in [4.78, 5) is 10.6. The number of rotatable bonds is 1. The molecule has 0 saturated heterocycles. The molecule has 0 aliphatic carbocycles. The van der Waals surface area contributed by atoms with Crippen LogP contribution in [0.5, 0.6) is 5.75 Å². The topological polar surface area (TPSA) is 75.4 Å². The van der Waals surface area contributed by atoms with Gasteiger partial charge in [0.15, 0.2) is 0 Å². The smallest absolute Gasteiger partial charge is 0.221 e. The second-order valence-corrected chi connectivity index (χ2v) is 4.14. The number of nitrogens with two attached hydrogens (primary N) is 1. The molecule has 0 fully saturated rings. The Kier molecular flexibility index (Phi) is 5.41. The van der Waals surface area contributed by atoms with E-state index in [1.54, 1.807) is 36.4 Å². The van der Waals surface area contributed by atoms with Crippen LogP contribution < -0.4 is 11.1 Å². The van der Waals surface area contributed by atoms with Crippen LogP contribution in [0.3, 0.4) is 0 Å². The SMILES string of the molecule is CC(=O)Nc1ccc(N)cc1.Cc1ccc(O)cc1. The maximum absolute atomic E-state index is 10.6. The molecule has 0 unspecified atom stereocenters. The maximum Gasteiger partial charge on any atom is 0.221 e. The van der Waals surface area contributed by atoms with Gasteiger partial charge in [0, 0.05) is 18.3 Å². The Morgan fingerprint density at radius 2 is 1.58 bits per heavy atom. The zero-order valence-corrected chi connectivity index (χ0v) is 11.1. The molecule has 19 heavy (non-hydrogen) atoms. The Hall–Kier alpha value is -2.49. The maximum atomic E-state index is 10.6. The fourth-order valence-electron chi connectivity index (χ4n) is 1.31. The number of aromatic hydroxyl groups is 1. The standard InChI is InChI=1S/C8H10N2O.C7H8O/c1-6(11)10-8-4-2-7(9)3-5-8;1-6-2-4-7(8)5-3-6/h2-5H,9H2,1H3,(H,10,11);2-5,8H,1H3. The van der Waals surface area contributed by atoms with Crippen molar-refractivity contribution in [3.05, 3.63) is 54.1 Å². The Labute approximate surface area is 112 Å². The summed E-state index contributed by atoms with van der Waals surface area (Å²) in [5.41, 5.74) is 8.08. The summed E-state index contributed by atoms with van der Waals surface area (Å²) < 4.78 is 0. The highest BCUT2D eigenvalue weighted by Crippen LogP contribution is 2.09. The lowest BCUT2D eigenvalue weighted by atomic mass is 10.2. The molecule has 2 rings (SSSR count). The van der Waals surface area contributed by atoms with Crippen LogP contribution in [0.4, 0.5) is 11.4 Å². The number of aryl methyl sites for hydroxylation is 1. The van der Waals surface area contributed by atoms with E-state index in [2.05, 4.69) is 5.32 Å². The summed E-state index contributed by atoms with van der Waals surface area (Å²) in [7, 11) is 0. The average molecular weight is 258 g/mol. The van der Waals surface area contributed by atoms with Crippen LogP contribution in [0, 0.1) is 6.92 Å². The zero-order valence-electron chi connectivity index (χ0n) is 11.1. The molecular formula is C15H18N2O2. The van der Waals surface area contributed by atoms with Gasteiger partial charge >= 0.3 is 0 Å². The number of amides is 1. The largest absolute Gasteiger partial charge is 0.508 e. The first-order valence-electron chi connectivity index (χ1n) is 5.86. The second kappa shape index (κ2) is 7.06. The molecule has 0 aliphatic rings. The molecule has 2 aromatic rings. The summed E-state index contributed by atoms with van der Waals surface area (Å²) in [5.74, 6) is 0.255. The predicted octanol–water partition coefficient (Wildman–Crippen LogP) is 2.93. The van der Waals surface area contributed by atoms with Crippen molar-refractivity contribution in [2.75, 3.05) is 11.1 Å². The number of nitrogens with one attached hydrogen (secondary N) is 1. The van der Waals surface area contributed by atoms with Gasteiger partial charge in [0.1, 0.15) is 5.75 Å². The van der Waals surface area contributed by atoms with E-state index in [1.165, 1.54) is 12.5 Å². The number of phenolic OH excluding ortho intramolecular Hbond substituents is 1. The van der Waals surface area contributed by atoms with Crippen molar-refractivity contribution in [1.29, 1.82) is 0 Å². The summed E-state index contributed by atoms with van der Waals surface area (Å²) in [6, 6.07) is 14.1. The van der Waals surface area contributed by atoms with E-state index in [1.807, 2.05) is 19.1 Å². The van der Waals surface area contributed by atoms with Crippen LogP contribution in [0.2, 0.25) is 0 Å². The van der Waals surface area contributed by atoms with Gasteiger partial charge in [0.25, 0.3) is 0 Å². The monoisotopic (exact) mass is 258 g/mol. The van der Waals surface area contributed by atoms with Gasteiger partial charge in [-0.3, -0.25) is 4.79 Å². The average Bonchev–Trinajstić information content (AvgIpc) is 2.36. The van der Waals surface area contributed by atoms with Crippen molar-refractivity contribution in [2.45, 2.75) is 13.8 Å². The minimum absolute atomic E-state index is 0.0743. The second-order valence-electron chi connectivity index (χ2n) is 4.14. The zero-order chi connectivity index (χ0) is 14.3. The first-order valence-corrected chi connectivity index (χ1v) is 5.86. The number of phenols is 1. The normalized spacial score (nSPS) is 9.16. The first-order chi connectivity index (χ1) is 8.97. The number of nitrogen functional groups attached to an aromatic ring is 1. The molecule has 1 amide bonds. The first kappa shape index (κ1) is 14.6. The highest BCUT2D eigenvalue weighted by Gasteiger charge is 1.92. The minimum atomic E-state index is -0.0743. The van der Waals surface area contributed by atoms with Crippen LogP contribution >= 0.6 is 0 Å². The molecule has 100 valence electrons. The Morgan fingerprint density at radius 3 is 2.00 bits per heavy atom. The van der Waals surface area contributed by atoms with Gasteiger partial charge < -0.3 is 16.2 Å². The van der Waals surface area contributed by atoms with Crippen LogP contribution in [-0.2, 0) is 4.79 Å². The van der Waals surface area contributed by atoms with Crippen molar-refractivity contribution in [1.82, 2.24) is 0 Å². The van der Waals surface area contributed by atoms with Crippen molar-refractivity contribution < 1.29 is 9.90 Å². The molecule has 0 aliphatic heterocycles. The van der Waals surface area contributed by atoms with Crippen LogP contribution in [0.1, 0.15) is 12.5 Å². The van der Waals surface area contributed by atoms with E-state index < -0.39 is 0 Å². The molecule has 0 atom stereocenters. The van der Waals surface area contributed by atoms with E-state index in [0.717, 1.165) is 5.69 Å². The Bertz CT molecular complexity index is 498. The van der Waals surface area contributed by atoms with Crippen molar-refractivity contribution in [2.24, 2.45) is 0 Å². The summed E-state index contributed by atoms with van der Waals surface area (Å²) in [5, 5.41) is 11.4. The van der Waals surface area contributed by atoms with E-state index >= 15 is 0 Å². The summed E-state index contributed by atoms with van der Waals surface area (Å²) in [6.07, 6.45) is 0. The molecule has 0 aromatic heterocycles. The van der Waals surface area contributed by atoms with Gasteiger partial charge in [0.05, 0.1) is 0 Å². The fraction of sp³-hybridized carbons (Fsp3) is 0.133. The number of carbonyl (C=O) groups excluding carboxylic acids is 1. The summed E-state index contributed by atoms with van der Waals surface area (Å²) in [6.45, 7) is 3.45. The van der Waals surface area contributed by atoms with Gasteiger partial charge in [-0.25, -0.2) is 0 Å². The molecule has 0 radical (unpaired) electrons. The highest BCUT2D eigenvalue weighted by atomic mass is 16.3. The lowest BCUT2D eigenvalue weighted by Gasteiger charge is -2.00. The third kappa shape index (κ3) is 6.12. The van der Waals surface area contributed by atoms with Gasteiger partial charge in [-0.1, -0.05) is 17.7 Å². The molecule has 4 N–H and O–H groups in total. The van der Waals surface area contributed by atoms with Crippen LogP contribution in [-0.4, -0.2) is 11.0 Å². The van der Waals surface area contributed by atoms with Crippen molar-refractivity contribution >= 4 is 17.3 Å². The molecule has 0 saturated carbocycles. The third-order valence-corrected chi connectivity index (χ3v) is 2.27. The van der Waals surface area contributed by atoms with Gasteiger partial charge in [-0.05, 0) is 43.3 Å². The molecular weight excluding hydrogens is 240 g/mol. The van der Waals surface area contributed by atoms with Crippen molar-refractivity contribution in [3.8, 4) is 5.75 Å². The van der Waals surface area contributed by atoms with Gasteiger partial charge in [0.2, 0.25) is 5.91 Å². The van der Waals surface area contributed by atoms with E-state index in [4.69, 9.17) is 10.8 Å². The number of carbonyl (C=O) groups is 1. The quantitative estimate of drug-likeness (QED) is 0.688. The predicted molar refractivity (Wildman–Crippen MR) is 78.0 cm³/mol. The lowest BCUT2D eigenvalue weighted by Crippen LogP contribution is -2.05. The molecule has 0 heterocycles. The lowest BCUT2D eigenvalue weighted by molar-refractivity contribution is -0.114. The Balaban J connectivity index is 0.000000200. The van der Waals surface area contributed by atoms with Gasteiger partial charge in [-0.2, -0.15) is 0 Å². The Morgan fingerprint density at radius 1 is 1.05 bits per heavy atom. The molecule has 0 bridgehead atoms. The van der Waals surface area contributed by atoms with Gasteiger partial charge in [-0.15, -0.1) is 0 Å². The molecule has 0 spiro atoms. The van der Waals surface area contributed by atoms with E-state index in [0.29, 0.717) is 11.4 Å². The molecule has 2 aromatic carbocycles. The third-order valence-electron chi connectivity index (χ3n) is 2.27. The van der Waals surface area contributed by atoms with Crippen molar-refractivity contribution in [3.63, 3.8) is 0 Å². The highest BCUT2D eigenvalue weighted by molar-refractivity contribution is 5.88. The summed E-state index contributed by atoms with van der Waals surface area (Å²) >= 11 is 0. The van der Waals surface area contributed by atoms with Crippen LogP contribution in [0.15, 0.2) is 48.5 Å². The van der Waals surface area contributed by atoms with E-state index in [9.17, 15) is 4.79 Å². The molecule has 4 nitrogen and oxygen atoms in total. The molecule has 4 heteroatoms. The van der Waals surface area contributed by atoms with Crippen LogP contribution in [0.25, 0.3) is 0 Å². The number of anilines is 2. The number of benzene rings is 2. The number of hydrogen-bond donors (Lipinski definition) is 3. The van der Waals surface area contributed by atoms with E-state index in [-0.39, 0.29) is 5.91 Å². The number of hydrogen-bond acceptors (Lipinski definition) is 3. The minimum Gasteiger partial charge on any atom is -0.508 e.